The molecule has 0 aliphatic carbocycles. The van der Waals surface area contributed by atoms with E-state index >= 15 is 0 Å². The van der Waals surface area contributed by atoms with E-state index in [9.17, 15) is 4.79 Å². The normalized spacial score (nSPS) is 11.9. The summed E-state index contributed by atoms with van der Waals surface area (Å²) in [7, 11) is 1.70. The van der Waals surface area contributed by atoms with E-state index < -0.39 is 5.97 Å². The number of aryl methyl sites for hydroxylation is 1. The number of aromatic nitrogens is 1. The summed E-state index contributed by atoms with van der Waals surface area (Å²) < 4.78 is 7.47. The van der Waals surface area contributed by atoms with Crippen LogP contribution >= 0.6 is 0 Å². The zero-order chi connectivity index (χ0) is 14.0. The van der Waals surface area contributed by atoms with Crippen molar-refractivity contribution in [3.8, 4) is 0 Å². The third kappa shape index (κ3) is 2.79. The zero-order valence-electron chi connectivity index (χ0n) is 11.5. The van der Waals surface area contributed by atoms with Crippen LogP contribution in [0.2, 0.25) is 0 Å². The smallest absolute Gasteiger partial charge is 0.336 e. The van der Waals surface area contributed by atoms with E-state index in [1.807, 2.05) is 32.2 Å². The van der Waals surface area contributed by atoms with E-state index in [1.165, 1.54) is 0 Å². The summed E-state index contributed by atoms with van der Waals surface area (Å²) in [5.41, 5.74) is 1.12. The van der Waals surface area contributed by atoms with Crippen molar-refractivity contribution in [2.45, 2.75) is 32.4 Å². The second kappa shape index (κ2) is 5.05. The van der Waals surface area contributed by atoms with Gasteiger partial charge >= 0.3 is 5.97 Å². The molecular weight excluding hydrogens is 242 g/mol. The summed E-state index contributed by atoms with van der Waals surface area (Å²) in [6.07, 6.45) is 2.80. The number of nitrogens with zero attached hydrogens (tertiary/aromatic N) is 1. The highest BCUT2D eigenvalue weighted by molar-refractivity contribution is 6.02. The molecule has 0 amide bonds. The molecule has 0 aliphatic rings. The average molecular weight is 261 g/mol. The van der Waals surface area contributed by atoms with Gasteiger partial charge in [0, 0.05) is 30.8 Å². The lowest BCUT2D eigenvalue weighted by molar-refractivity contribution is 0.0123. The summed E-state index contributed by atoms with van der Waals surface area (Å²) >= 11 is 0. The molecule has 0 atom stereocenters. The molecule has 1 aromatic heterocycles. The zero-order valence-corrected chi connectivity index (χ0v) is 11.5. The maximum Gasteiger partial charge on any atom is 0.336 e. The Labute approximate surface area is 112 Å². The van der Waals surface area contributed by atoms with Gasteiger partial charge in [-0.05, 0) is 38.5 Å². The van der Waals surface area contributed by atoms with Crippen molar-refractivity contribution in [2.75, 3.05) is 7.11 Å². The molecule has 4 nitrogen and oxygen atoms in total. The Morgan fingerprint density at radius 2 is 2.11 bits per heavy atom. The summed E-state index contributed by atoms with van der Waals surface area (Å²) in [5.74, 6) is -0.888. The number of carboxylic acid groups (broad SMARTS) is 1. The summed E-state index contributed by atoms with van der Waals surface area (Å²) in [6, 6.07) is 7.22. The van der Waals surface area contributed by atoms with Gasteiger partial charge in [-0.3, -0.25) is 0 Å². The van der Waals surface area contributed by atoms with Gasteiger partial charge in [-0.1, -0.05) is 6.07 Å². The molecule has 0 bridgehead atoms. The van der Waals surface area contributed by atoms with E-state index in [-0.39, 0.29) is 5.60 Å². The molecule has 102 valence electrons. The van der Waals surface area contributed by atoms with Crippen molar-refractivity contribution >= 4 is 16.9 Å². The van der Waals surface area contributed by atoms with Crippen molar-refractivity contribution < 1.29 is 14.6 Å². The highest BCUT2D eigenvalue weighted by Gasteiger charge is 2.17. The molecule has 0 spiro atoms. The second-order valence-electron chi connectivity index (χ2n) is 5.27. The molecule has 2 rings (SSSR count). The first-order chi connectivity index (χ1) is 8.94. The first-order valence-electron chi connectivity index (χ1n) is 6.31. The van der Waals surface area contributed by atoms with Crippen LogP contribution in [0.15, 0.2) is 30.5 Å². The molecule has 1 heterocycles. The lowest BCUT2D eigenvalue weighted by atomic mass is 10.1. The van der Waals surface area contributed by atoms with Gasteiger partial charge in [0.1, 0.15) is 0 Å². The van der Waals surface area contributed by atoms with E-state index in [2.05, 4.69) is 4.57 Å². The lowest BCUT2D eigenvalue weighted by Gasteiger charge is -2.23. The Kier molecular flexibility index (Phi) is 3.62. The van der Waals surface area contributed by atoms with Gasteiger partial charge in [0.2, 0.25) is 0 Å². The molecule has 1 aromatic carbocycles. The molecule has 0 unspecified atom stereocenters. The Balaban J connectivity index is 2.31. The Hall–Kier alpha value is -1.81. The van der Waals surface area contributed by atoms with Crippen molar-refractivity contribution in [2.24, 2.45) is 0 Å². The van der Waals surface area contributed by atoms with Crippen LogP contribution in [-0.4, -0.2) is 28.4 Å². The van der Waals surface area contributed by atoms with Crippen LogP contribution in [-0.2, 0) is 11.3 Å². The number of fused-ring (bicyclic) bond motifs is 1. The standard InChI is InChI=1S/C15H19NO3/c1-15(2,19-3)8-10-16-9-7-11-12(14(17)18)5-4-6-13(11)16/h4-7,9H,8,10H2,1-3H3,(H,17,18). The summed E-state index contributed by atoms with van der Waals surface area (Å²) in [6.45, 7) is 4.89. The maximum atomic E-state index is 11.2. The van der Waals surface area contributed by atoms with Crippen molar-refractivity contribution in [1.82, 2.24) is 4.57 Å². The maximum absolute atomic E-state index is 11.2. The Morgan fingerprint density at radius 1 is 1.37 bits per heavy atom. The number of ether oxygens (including phenoxy) is 1. The van der Waals surface area contributed by atoms with Crippen LogP contribution in [0.25, 0.3) is 10.9 Å². The van der Waals surface area contributed by atoms with Gasteiger partial charge in [-0.15, -0.1) is 0 Å². The highest BCUT2D eigenvalue weighted by Crippen LogP contribution is 2.22. The minimum Gasteiger partial charge on any atom is -0.478 e. The third-order valence-corrected chi connectivity index (χ3v) is 3.55. The average Bonchev–Trinajstić information content (AvgIpc) is 2.79. The van der Waals surface area contributed by atoms with Crippen LogP contribution in [0.3, 0.4) is 0 Å². The third-order valence-electron chi connectivity index (χ3n) is 3.55. The molecule has 0 fully saturated rings. The lowest BCUT2D eigenvalue weighted by Crippen LogP contribution is -2.24. The van der Waals surface area contributed by atoms with Crippen LogP contribution in [0.1, 0.15) is 30.6 Å². The fourth-order valence-electron chi connectivity index (χ4n) is 2.10. The molecule has 2 aromatic rings. The number of carbonyl (C=O) groups is 1. The molecule has 0 saturated heterocycles. The summed E-state index contributed by atoms with van der Waals surface area (Å²) in [4.78, 5) is 11.2. The predicted molar refractivity (Wildman–Crippen MR) is 74.6 cm³/mol. The van der Waals surface area contributed by atoms with Crippen molar-refractivity contribution in [3.05, 3.63) is 36.0 Å². The van der Waals surface area contributed by atoms with Crippen molar-refractivity contribution in [1.29, 1.82) is 0 Å². The molecule has 0 saturated carbocycles. The first kappa shape index (κ1) is 13.6. The number of hydrogen-bond acceptors (Lipinski definition) is 2. The highest BCUT2D eigenvalue weighted by atomic mass is 16.5. The topological polar surface area (TPSA) is 51.5 Å². The Morgan fingerprint density at radius 3 is 2.74 bits per heavy atom. The molecule has 0 aliphatic heterocycles. The first-order valence-corrected chi connectivity index (χ1v) is 6.31. The van der Waals surface area contributed by atoms with Gasteiger partial charge in [-0.2, -0.15) is 0 Å². The number of hydrogen-bond donors (Lipinski definition) is 1. The van der Waals surface area contributed by atoms with Gasteiger partial charge in [0.15, 0.2) is 0 Å². The van der Waals surface area contributed by atoms with E-state index in [1.54, 1.807) is 19.2 Å². The van der Waals surface area contributed by atoms with Gasteiger partial charge in [0.25, 0.3) is 0 Å². The van der Waals surface area contributed by atoms with Crippen LogP contribution in [0.4, 0.5) is 0 Å². The van der Waals surface area contributed by atoms with E-state index in [4.69, 9.17) is 9.84 Å². The van der Waals surface area contributed by atoms with Gasteiger partial charge < -0.3 is 14.4 Å². The van der Waals surface area contributed by atoms with Crippen molar-refractivity contribution in [3.63, 3.8) is 0 Å². The fraction of sp³-hybridized carbons (Fsp3) is 0.400. The van der Waals surface area contributed by atoms with E-state index in [0.29, 0.717) is 5.56 Å². The fourth-order valence-corrected chi connectivity index (χ4v) is 2.10. The monoisotopic (exact) mass is 261 g/mol. The number of methoxy groups -OCH3 is 1. The van der Waals surface area contributed by atoms with Gasteiger partial charge in [-0.25, -0.2) is 4.79 Å². The number of rotatable bonds is 5. The molecule has 0 radical (unpaired) electrons. The number of aromatic carboxylic acids is 1. The van der Waals surface area contributed by atoms with Crippen LogP contribution < -0.4 is 0 Å². The van der Waals surface area contributed by atoms with Crippen LogP contribution in [0, 0.1) is 0 Å². The minimum absolute atomic E-state index is 0.180. The number of carboxylic acids is 1. The molecule has 4 heteroatoms. The Bertz CT molecular complexity index is 598. The van der Waals surface area contributed by atoms with Crippen LogP contribution in [0.5, 0.6) is 0 Å². The minimum atomic E-state index is -0.888. The molecule has 19 heavy (non-hydrogen) atoms. The largest absolute Gasteiger partial charge is 0.478 e. The quantitative estimate of drug-likeness (QED) is 0.899. The molecule has 1 N–H and O–H groups in total. The SMILES string of the molecule is COC(C)(C)CCn1ccc2c(C(=O)O)cccc21. The second-order valence-corrected chi connectivity index (χ2v) is 5.27. The van der Waals surface area contributed by atoms with Gasteiger partial charge in [0.05, 0.1) is 11.2 Å². The molecular formula is C15H19NO3. The summed E-state index contributed by atoms with van der Waals surface area (Å²) in [5, 5.41) is 9.94. The predicted octanol–water partition coefficient (Wildman–Crippen LogP) is 3.15. The van der Waals surface area contributed by atoms with E-state index in [0.717, 1.165) is 23.9 Å². The number of benzene rings is 1.